The molecule has 4 nitrogen and oxygen atoms in total. The molecule has 1 atom stereocenters. The standard InChI is InChI=1S/C16H17FN2O2/c1-9(18-5-6-21-2)10-7-11-13(17)3-4-14-15(11)12(8-10)16(20)19-14/h3-4,7-9,18H,5-6H2,1-2H3,(H,19,20). The summed E-state index contributed by atoms with van der Waals surface area (Å²) in [7, 11) is 1.64. The minimum atomic E-state index is -0.308. The summed E-state index contributed by atoms with van der Waals surface area (Å²) in [6.45, 7) is 3.28. The van der Waals surface area contributed by atoms with Crippen molar-refractivity contribution in [3.63, 3.8) is 0 Å². The van der Waals surface area contributed by atoms with Gasteiger partial charge in [-0.15, -0.1) is 0 Å². The number of ether oxygens (including phenoxy) is 1. The summed E-state index contributed by atoms with van der Waals surface area (Å²) in [5.74, 6) is -0.482. The number of halogens is 1. The van der Waals surface area contributed by atoms with Gasteiger partial charge in [-0.05, 0) is 36.8 Å². The van der Waals surface area contributed by atoms with Gasteiger partial charge in [0, 0.05) is 36.2 Å². The second-order valence-corrected chi connectivity index (χ2v) is 5.21. The number of nitrogens with one attached hydrogen (secondary N) is 2. The van der Waals surface area contributed by atoms with Gasteiger partial charge in [0.1, 0.15) is 5.82 Å². The lowest BCUT2D eigenvalue weighted by atomic mass is 9.98. The Labute approximate surface area is 122 Å². The van der Waals surface area contributed by atoms with Gasteiger partial charge in [-0.1, -0.05) is 0 Å². The first-order valence-electron chi connectivity index (χ1n) is 6.91. The van der Waals surface area contributed by atoms with Gasteiger partial charge < -0.3 is 15.4 Å². The highest BCUT2D eigenvalue weighted by Crippen LogP contribution is 2.36. The zero-order chi connectivity index (χ0) is 15.0. The lowest BCUT2D eigenvalue weighted by Gasteiger charge is -2.15. The van der Waals surface area contributed by atoms with Crippen LogP contribution in [0.15, 0.2) is 24.3 Å². The minimum Gasteiger partial charge on any atom is -0.383 e. The molecule has 0 fully saturated rings. The Kier molecular flexibility index (Phi) is 3.61. The summed E-state index contributed by atoms with van der Waals surface area (Å²) in [5, 5.41) is 7.22. The lowest BCUT2D eigenvalue weighted by molar-refractivity contribution is 0.103. The Morgan fingerprint density at radius 1 is 1.38 bits per heavy atom. The molecule has 0 aliphatic carbocycles. The van der Waals surface area contributed by atoms with E-state index in [9.17, 15) is 9.18 Å². The Morgan fingerprint density at radius 2 is 2.19 bits per heavy atom. The van der Waals surface area contributed by atoms with Gasteiger partial charge in [0.15, 0.2) is 0 Å². The molecule has 1 aliphatic rings. The van der Waals surface area contributed by atoms with Crippen molar-refractivity contribution in [1.29, 1.82) is 0 Å². The molecule has 0 aromatic heterocycles. The number of carbonyl (C=O) groups excluding carboxylic acids is 1. The number of benzene rings is 2. The molecule has 2 aromatic rings. The smallest absolute Gasteiger partial charge is 0.256 e. The van der Waals surface area contributed by atoms with Crippen molar-refractivity contribution < 1.29 is 13.9 Å². The largest absolute Gasteiger partial charge is 0.383 e. The summed E-state index contributed by atoms with van der Waals surface area (Å²) in [6, 6.07) is 6.64. The van der Waals surface area contributed by atoms with Crippen molar-refractivity contribution in [1.82, 2.24) is 5.32 Å². The molecule has 1 aliphatic heterocycles. The van der Waals surface area contributed by atoms with Gasteiger partial charge in [0.05, 0.1) is 12.2 Å². The first-order chi connectivity index (χ1) is 10.1. The Hall–Kier alpha value is -1.98. The predicted molar refractivity (Wildman–Crippen MR) is 80.2 cm³/mol. The molecular weight excluding hydrogens is 271 g/mol. The minimum absolute atomic E-state index is 0.0113. The quantitative estimate of drug-likeness (QED) is 0.832. The van der Waals surface area contributed by atoms with E-state index in [0.717, 1.165) is 5.56 Å². The van der Waals surface area contributed by atoms with E-state index >= 15 is 0 Å². The molecule has 110 valence electrons. The van der Waals surface area contributed by atoms with Gasteiger partial charge in [0.2, 0.25) is 0 Å². The van der Waals surface area contributed by atoms with Gasteiger partial charge in [-0.3, -0.25) is 4.79 Å². The molecule has 1 unspecified atom stereocenters. The summed E-state index contributed by atoms with van der Waals surface area (Å²) in [6.07, 6.45) is 0. The van der Waals surface area contributed by atoms with Crippen molar-refractivity contribution in [2.75, 3.05) is 25.6 Å². The van der Waals surface area contributed by atoms with Crippen LogP contribution in [0.5, 0.6) is 0 Å². The molecule has 0 saturated heterocycles. The normalized spacial score (nSPS) is 14.5. The molecule has 0 spiro atoms. The molecule has 21 heavy (non-hydrogen) atoms. The average molecular weight is 288 g/mol. The molecule has 0 saturated carbocycles. The highest BCUT2D eigenvalue weighted by Gasteiger charge is 2.24. The van der Waals surface area contributed by atoms with E-state index in [1.807, 2.05) is 19.1 Å². The number of rotatable bonds is 5. The number of hydrogen-bond acceptors (Lipinski definition) is 3. The van der Waals surface area contributed by atoms with E-state index in [1.54, 1.807) is 13.2 Å². The zero-order valence-electron chi connectivity index (χ0n) is 12.0. The fourth-order valence-electron chi connectivity index (χ4n) is 2.69. The van der Waals surface area contributed by atoms with Crippen LogP contribution in [-0.4, -0.2) is 26.2 Å². The third kappa shape index (κ3) is 2.39. The Morgan fingerprint density at radius 3 is 2.95 bits per heavy atom. The maximum Gasteiger partial charge on any atom is 0.256 e. The average Bonchev–Trinajstić information content (AvgIpc) is 2.80. The number of carbonyl (C=O) groups is 1. The highest BCUT2D eigenvalue weighted by molar-refractivity contribution is 6.24. The molecule has 2 N–H and O–H groups in total. The molecule has 0 radical (unpaired) electrons. The molecule has 2 aromatic carbocycles. The van der Waals surface area contributed by atoms with Crippen molar-refractivity contribution in [3.05, 3.63) is 41.2 Å². The van der Waals surface area contributed by atoms with Crippen LogP contribution in [0.25, 0.3) is 10.8 Å². The van der Waals surface area contributed by atoms with E-state index in [1.165, 1.54) is 6.07 Å². The van der Waals surface area contributed by atoms with Crippen LogP contribution in [0.1, 0.15) is 28.9 Å². The first kappa shape index (κ1) is 14.0. The molecule has 0 bridgehead atoms. The Balaban J connectivity index is 2.04. The van der Waals surface area contributed by atoms with E-state index in [2.05, 4.69) is 10.6 Å². The summed E-state index contributed by atoms with van der Waals surface area (Å²) in [4.78, 5) is 12.0. The fraction of sp³-hybridized carbons (Fsp3) is 0.312. The Bertz CT molecular complexity index is 715. The highest BCUT2D eigenvalue weighted by atomic mass is 19.1. The van der Waals surface area contributed by atoms with Crippen LogP contribution in [-0.2, 0) is 4.74 Å². The maximum absolute atomic E-state index is 14.1. The summed E-state index contributed by atoms with van der Waals surface area (Å²) >= 11 is 0. The maximum atomic E-state index is 14.1. The van der Waals surface area contributed by atoms with Gasteiger partial charge in [-0.2, -0.15) is 0 Å². The van der Waals surface area contributed by atoms with Crippen molar-refractivity contribution in [2.24, 2.45) is 0 Å². The number of hydrogen-bond donors (Lipinski definition) is 2. The molecule has 3 rings (SSSR count). The number of methoxy groups -OCH3 is 1. The number of anilines is 1. The van der Waals surface area contributed by atoms with Crippen molar-refractivity contribution >= 4 is 22.4 Å². The molecular formula is C16H17FN2O2. The van der Waals surface area contributed by atoms with Crippen molar-refractivity contribution in [2.45, 2.75) is 13.0 Å². The van der Waals surface area contributed by atoms with Gasteiger partial charge >= 0.3 is 0 Å². The van der Waals surface area contributed by atoms with Crippen LogP contribution >= 0.6 is 0 Å². The van der Waals surface area contributed by atoms with Gasteiger partial charge in [-0.25, -0.2) is 4.39 Å². The van der Waals surface area contributed by atoms with E-state index in [4.69, 9.17) is 4.74 Å². The summed E-state index contributed by atoms with van der Waals surface area (Å²) < 4.78 is 19.1. The second-order valence-electron chi connectivity index (χ2n) is 5.21. The monoisotopic (exact) mass is 288 g/mol. The SMILES string of the molecule is COCCNC(C)c1cc2c3c(ccc(F)c3c1)NC2=O. The molecule has 1 heterocycles. The van der Waals surface area contributed by atoms with Crippen LogP contribution in [0.2, 0.25) is 0 Å². The molecule has 5 heteroatoms. The van der Waals surface area contributed by atoms with E-state index in [-0.39, 0.29) is 17.8 Å². The van der Waals surface area contributed by atoms with Gasteiger partial charge in [0.25, 0.3) is 5.91 Å². The van der Waals surface area contributed by atoms with Crippen LogP contribution in [0, 0.1) is 5.82 Å². The fourth-order valence-corrected chi connectivity index (χ4v) is 2.69. The van der Waals surface area contributed by atoms with E-state index < -0.39 is 0 Å². The molecule has 1 amide bonds. The topological polar surface area (TPSA) is 50.4 Å². The van der Waals surface area contributed by atoms with Crippen LogP contribution in [0.4, 0.5) is 10.1 Å². The van der Waals surface area contributed by atoms with Crippen LogP contribution in [0.3, 0.4) is 0 Å². The third-order valence-electron chi connectivity index (χ3n) is 3.83. The van der Waals surface area contributed by atoms with Crippen molar-refractivity contribution in [3.8, 4) is 0 Å². The van der Waals surface area contributed by atoms with Crippen LogP contribution < -0.4 is 10.6 Å². The van der Waals surface area contributed by atoms with E-state index in [0.29, 0.717) is 35.2 Å². The lowest BCUT2D eigenvalue weighted by Crippen LogP contribution is -2.23. The second kappa shape index (κ2) is 5.42. The zero-order valence-corrected chi connectivity index (χ0v) is 12.0. The summed E-state index contributed by atoms with van der Waals surface area (Å²) in [5.41, 5.74) is 2.11. The first-order valence-corrected chi connectivity index (χ1v) is 6.91. The predicted octanol–water partition coefficient (Wildman–Crippen LogP) is 2.84. The number of amides is 1. The third-order valence-corrected chi connectivity index (χ3v) is 3.83.